The fraction of sp³-hybridized carbons (Fsp3) is 0.875. The molecule has 0 radical (unpaired) electrons. The standard InChI is InChI=1S/C16H28N4O/c1-2-17-15(18-12-14(21)19-9-3-4-10-19)20-11-8-16(13-20)6-5-7-16/h2-13H2,1H3,(H,17,18). The van der Waals surface area contributed by atoms with Crippen molar-refractivity contribution in [1.29, 1.82) is 0 Å². The van der Waals surface area contributed by atoms with Crippen molar-refractivity contribution in [2.45, 2.75) is 45.4 Å². The maximum Gasteiger partial charge on any atom is 0.244 e. The van der Waals surface area contributed by atoms with Crippen LogP contribution >= 0.6 is 0 Å². The van der Waals surface area contributed by atoms with E-state index in [1.807, 2.05) is 4.90 Å². The van der Waals surface area contributed by atoms with Crippen molar-refractivity contribution in [3.8, 4) is 0 Å². The number of nitrogens with one attached hydrogen (secondary N) is 1. The van der Waals surface area contributed by atoms with Gasteiger partial charge in [-0.1, -0.05) is 6.42 Å². The molecule has 5 nitrogen and oxygen atoms in total. The lowest BCUT2D eigenvalue weighted by Gasteiger charge is -2.38. The predicted octanol–water partition coefficient (Wildman–Crippen LogP) is 1.45. The Balaban J connectivity index is 1.58. The van der Waals surface area contributed by atoms with Crippen LogP contribution in [0.4, 0.5) is 0 Å². The van der Waals surface area contributed by atoms with Gasteiger partial charge in [0, 0.05) is 32.7 Å². The van der Waals surface area contributed by atoms with Crippen LogP contribution in [0.5, 0.6) is 0 Å². The molecule has 21 heavy (non-hydrogen) atoms. The van der Waals surface area contributed by atoms with Crippen molar-refractivity contribution < 1.29 is 4.79 Å². The van der Waals surface area contributed by atoms with E-state index in [0.717, 1.165) is 51.5 Å². The molecule has 118 valence electrons. The molecule has 1 saturated carbocycles. The highest BCUT2D eigenvalue weighted by molar-refractivity contribution is 5.85. The molecule has 0 unspecified atom stereocenters. The maximum atomic E-state index is 12.1. The first-order valence-corrected chi connectivity index (χ1v) is 8.53. The first-order valence-electron chi connectivity index (χ1n) is 8.53. The van der Waals surface area contributed by atoms with Crippen molar-refractivity contribution in [3.63, 3.8) is 0 Å². The van der Waals surface area contributed by atoms with Crippen LogP contribution in [0.15, 0.2) is 4.99 Å². The number of hydrogen-bond donors (Lipinski definition) is 1. The molecule has 0 bridgehead atoms. The highest BCUT2D eigenvalue weighted by Crippen LogP contribution is 2.47. The second-order valence-electron chi connectivity index (χ2n) is 6.78. The van der Waals surface area contributed by atoms with Crippen LogP contribution in [0.25, 0.3) is 0 Å². The molecule has 0 aromatic rings. The molecule has 2 aliphatic heterocycles. The Bertz CT molecular complexity index is 411. The highest BCUT2D eigenvalue weighted by atomic mass is 16.2. The van der Waals surface area contributed by atoms with E-state index in [0.29, 0.717) is 12.0 Å². The van der Waals surface area contributed by atoms with Crippen LogP contribution < -0.4 is 5.32 Å². The quantitative estimate of drug-likeness (QED) is 0.633. The van der Waals surface area contributed by atoms with Crippen molar-refractivity contribution in [2.24, 2.45) is 10.4 Å². The van der Waals surface area contributed by atoms with E-state index in [1.165, 1.54) is 25.7 Å². The third-order valence-corrected chi connectivity index (χ3v) is 5.31. The lowest BCUT2D eigenvalue weighted by atomic mass is 9.68. The van der Waals surface area contributed by atoms with E-state index < -0.39 is 0 Å². The molecule has 3 fully saturated rings. The highest BCUT2D eigenvalue weighted by Gasteiger charge is 2.43. The second-order valence-corrected chi connectivity index (χ2v) is 6.78. The van der Waals surface area contributed by atoms with Gasteiger partial charge in [0.25, 0.3) is 0 Å². The molecule has 1 amide bonds. The monoisotopic (exact) mass is 292 g/mol. The molecule has 1 aliphatic carbocycles. The minimum atomic E-state index is 0.181. The summed E-state index contributed by atoms with van der Waals surface area (Å²) in [4.78, 5) is 21.1. The third-order valence-electron chi connectivity index (χ3n) is 5.31. The van der Waals surface area contributed by atoms with Crippen molar-refractivity contribution >= 4 is 11.9 Å². The van der Waals surface area contributed by atoms with Gasteiger partial charge in [0.15, 0.2) is 5.96 Å². The number of aliphatic imine (C=N–C) groups is 1. The summed E-state index contributed by atoms with van der Waals surface area (Å²) in [5.74, 6) is 1.12. The van der Waals surface area contributed by atoms with Crippen LogP contribution in [0.2, 0.25) is 0 Å². The number of guanidine groups is 1. The largest absolute Gasteiger partial charge is 0.357 e. The summed E-state index contributed by atoms with van der Waals surface area (Å²) >= 11 is 0. The second kappa shape index (κ2) is 6.24. The summed E-state index contributed by atoms with van der Waals surface area (Å²) in [5, 5.41) is 3.36. The van der Waals surface area contributed by atoms with Crippen molar-refractivity contribution in [3.05, 3.63) is 0 Å². The van der Waals surface area contributed by atoms with Gasteiger partial charge in [-0.05, 0) is 44.4 Å². The van der Waals surface area contributed by atoms with Gasteiger partial charge in [0.05, 0.1) is 0 Å². The number of rotatable bonds is 3. The fourth-order valence-electron chi connectivity index (χ4n) is 3.84. The minimum Gasteiger partial charge on any atom is -0.357 e. The molecular formula is C16H28N4O. The number of likely N-dealkylation sites (tertiary alicyclic amines) is 2. The van der Waals surface area contributed by atoms with Crippen LogP contribution in [0.3, 0.4) is 0 Å². The maximum absolute atomic E-state index is 12.1. The summed E-state index contributed by atoms with van der Waals surface area (Å²) < 4.78 is 0. The zero-order chi connectivity index (χ0) is 14.7. The molecule has 5 heteroatoms. The molecule has 0 aromatic heterocycles. The number of carbonyl (C=O) groups excluding carboxylic acids is 1. The average molecular weight is 292 g/mol. The Labute approximate surface area is 127 Å². The molecule has 0 atom stereocenters. The van der Waals surface area contributed by atoms with Gasteiger partial charge in [0.2, 0.25) is 5.91 Å². The Morgan fingerprint density at radius 1 is 1.10 bits per heavy atom. The fourth-order valence-corrected chi connectivity index (χ4v) is 3.84. The van der Waals surface area contributed by atoms with E-state index in [4.69, 9.17) is 0 Å². The summed E-state index contributed by atoms with van der Waals surface area (Å²) in [5.41, 5.74) is 0.565. The zero-order valence-corrected chi connectivity index (χ0v) is 13.2. The van der Waals surface area contributed by atoms with E-state index in [9.17, 15) is 4.79 Å². The van der Waals surface area contributed by atoms with E-state index >= 15 is 0 Å². The lowest BCUT2D eigenvalue weighted by Crippen LogP contribution is -2.43. The molecular weight excluding hydrogens is 264 g/mol. The average Bonchev–Trinajstić information content (AvgIpc) is 3.10. The van der Waals surface area contributed by atoms with E-state index in [1.54, 1.807) is 0 Å². The van der Waals surface area contributed by atoms with Gasteiger partial charge in [-0.15, -0.1) is 0 Å². The first-order chi connectivity index (χ1) is 10.2. The molecule has 1 N–H and O–H groups in total. The molecule has 3 rings (SSSR count). The molecule has 2 saturated heterocycles. The zero-order valence-electron chi connectivity index (χ0n) is 13.2. The van der Waals surface area contributed by atoms with Gasteiger partial charge in [-0.25, -0.2) is 4.99 Å². The Morgan fingerprint density at radius 3 is 2.43 bits per heavy atom. The first kappa shape index (κ1) is 14.7. The van der Waals surface area contributed by atoms with Crippen molar-refractivity contribution in [2.75, 3.05) is 39.3 Å². The Hall–Kier alpha value is -1.26. The summed E-state index contributed by atoms with van der Waals surface area (Å²) in [6.07, 6.45) is 7.70. The molecule has 0 aromatic carbocycles. The van der Waals surface area contributed by atoms with Crippen LogP contribution in [-0.2, 0) is 4.79 Å². The van der Waals surface area contributed by atoms with Crippen LogP contribution in [-0.4, -0.2) is 60.9 Å². The number of hydrogen-bond acceptors (Lipinski definition) is 2. The topological polar surface area (TPSA) is 47.9 Å². The molecule has 3 aliphatic rings. The Kier molecular flexibility index (Phi) is 4.36. The Morgan fingerprint density at radius 2 is 1.86 bits per heavy atom. The van der Waals surface area contributed by atoms with E-state index in [-0.39, 0.29) is 5.91 Å². The number of carbonyl (C=O) groups is 1. The number of amides is 1. The number of nitrogens with zero attached hydrogens (tertiary/aromatic N) is 3. The minimum absolute atomic E-state index is 0.181. The summed E-state index contributed by atoms with van der Waals surface area (Å²) in [6, 6.07) is 0. The van der Waals surface area contributed by atoms with Crippen LogP contribution in [0, 0.1) is 5.41 Å². The van der Waals surface area contributed by atoms with E-state index in [2.05, 4.69) is 22.1 Å². The summed E-state index contributed by atoms with van der Waals surface area (Å²) in [6.45, 7) is 7.29. The van der Waals surface area contributed by atoms with Gasteiger partial charge in [-0.3, -0.25) is 4.79 Å². The predicted molar refractivity (Wildman–Crippen MR) is 84.3 cm³/mol. The lowest BCUT2D eigenvalue weighted by molar-refractivity contribution is -0.128. The third kappa shape index (κ3) is 3.16. The van der Waals surface area contributed by atoms with Crippen molar-refractivity contribution in [1.82, 2.24) is 15.1 Å². The van der Waals surface area contributed by atoms with Gasteiger partial charge in [0.1, 0.15) is 6.54 Å². The molecule has 1 spiro atoms. The van der Waals surface area contributed by atoms with Gasteiger partial charge in [-0.2, -0.15) is 0 Å². The smallest absolute Gasteiger partial charge is 0.244 e. The SMILES string of the molecule is CCNC(=NCC(=O)N1CCCC1)N1CCC2(CCC2)C1. The summed E-state index contributed by atoms with van der Waals surface area (Å²) in [7, 11) is 0. The van der Waals surface area contributed by atoms with Gasteiger partial charge >= 0.3 is 0 Å². The van der Waals surface area contributed by atoms with Gasteiger partial charge < -0.3 is 15.1 Å². The van der Waals surface area contributed by atoms with Crippen LogP contribution in [0.1, 0.15) is 45.4 Å². The molecule has 2 heterocycles. The normalized spacial score (nSPS) is 24.5.